The van der Waals surface area contributed by atoms with Crippen LogP contribution in [0.5, 0.6) is 0 Å². The summed E-state index contributed by atoms with van der Waals surface area (Å²) >= 11 is 2.01. The highest BCUT2D eigenvalue weighted by Crippen LogP contribution is 2.34. The molecule has 1 aromatic carbocycles. The number of nitrogens with zero attached hydrogens (tertiary/aromatic N) is 1. The number of guanidine groups is 1. The highest BCUT2D eigenvalue weighted by molar-refractivity contribution is 14.0. The zero-order chi connectivity index (χ0) is 18.0. The summed E-state index contributed by atoms with van der Waals surface area (Å²) < 4.78 is 5.75. The van der Waals surface area contributed by atoms with Crippen LogP contribution in [0.3, 0.4) is 0 Å². The van der Waals surface area contributed by atoms with E-state index in [2.05, 4.69) is 22.5 Å². The van der Waals surface area contributed by atoms with Gasteiger partial charge in [-0.05, 0) is 24.2 Å². The number of rotatable bonds is 8. The molecule has 0 aromatic heterocycles. The van der Waals surface area contributed by atoms with Gasteiger partial charge in [0.1, 0.15) is 0 Å². The Morgan fingerprint density at radius 1 is 1.27 bits per heavy atom. The average Bonchev–Trinajstić information content (AvgIpc) is 2.66. The molecule has 1 atom stereocenters. The fourth-order valence-corrected chi connectivity index (χ4v) is 4.36. The van der Waals surface area contributed by atoms with Crippen molar-refractivity contribution in [1.29, 1.82) is 0 Å². The van der Waals surface area contributed by atoms with Crippen molar-refractivity contribution in [3.05, 3.63) is 35.9 Å². The third-order valence-electron chi connectivity index (χ3n) is 4.66. The summed E-state index contributed by atoms with van der Waals surface area (Å²) in [7, 11) is 1.79. The summed E-state index contributed by atoms with van der Waals surface area (Å²) in [6.45, 7) is 5.52. The fourth-order valence-electron chi connectivity index (χ4n) is 3.12. The topological polar surface area (TPSA) is 65.9 Å². The minimum Gasteiger partial charge on any atom is -0.396 e. The fraction of sp³-hybridized carbons (Fsp3) is 0.632. The van der Waals surface area contributed by atoms with Crippen molar-refractivity contribution in [3.8, 4) is 0 Å². The van der Waals surface area contributed by atoms with Gasteiger partial charge in [-0.25, -0.2) is 0 Å². The summed E-state index contributed by atoms with van der Waals surface area (Å²) in [5, 5.41) is 16.5. The van der Waals surface area contributed by atoms with Gasteiger partial charge in [0.2, 0.25) is 0 Å². The molecule has 26 heavy (non-hydrogen) atoms. The van der Waals surface area contributed by atoms with Gasteiger partial charge >= 0.3 is 0 Å². The Balaban J connectivity index is 0.00000338. The minimum atomic E-state index is 0. The first-order chi connectivity index (χ1) is 12.2. The van der Waals surface area contributed by atoms with Crippen LogP contribution in [0.25, 0.3) is 0 Å². The number of aliphatic imine (C=N–C) groups is 1. The van der Waals surface area contributed by atoms with Gasteiger partial charge in [0, 0.05) is 44.0 Å². The predicted octanol–water partition coefficient (Wildman–Crippen LogP) is 2.85. The van der Waals surface area contributed by atoms with E-state index in [1.807, 2.05) is 42.1 Å². The number of nitrogens with one attached hydrogen (secondary N) is 2. The normalized spacial score (nSPS) is 17.9. The van der Waals surface area contributed by atoms with Gasteiger partial charge < -0.3 is 20.5 Å². The lowest BCUT2D eigenvalue weighted by molar-refractivity contribution is 0.0782. The zero-order valence-electron chi connectivity index (χ0n) is 15.7. The minimum absolute atomic E-state index is 0. The van der Waals surface area contributed by atoms with Gasteiger partial charge in [-0.15, -0.1) is 24.0 Å². The number of benzene rings is 1. The van der Waals surface area contributed by atoms with E-state index in [0.29, 0.717) is 6.54 Å². The zero-order valence-corrected chi connectivity index (χ0v) is 18.9. The van der Waals surface area contributed by atoms with Crippen molar-refractivity contribution in [1.82, 2.24) is 10.6 Å². The van der Waals surface area contributed by atoms with E-state index < -0.39 is 0 Å². The highest BCUT2D eigenvalue weighted by atomic mass is 127. The molecule has 0 radical (unpaired) electrons. The van der Waals surface area contributed by atoms with Crippen LogP contribution in [-0.4, -0.2) is 61.5 Å². The van der Waals surface area contributed by atoms with Crippen molar-refractivity contribution < 1.29 is 9.84 Å². The lowest BCUT2D eigenvalue weighted by atomic mass is 9.99. The monoisotopic (exact) mass is 493 g/mol. The summed E-state index contributed by atoms with van der Waals surface area (Å²) in [4.78, 5) is 4.34. The molecule has 1 fully saturated rings. The Kier molecular flexibility index (Phi) is 11.6. The average molecular weight is 493 g/mol. The summed E-state index contributed by atoms with van der Waals surface area (Å²) in [5.41, 5.74) is 1.13. The Labute approximate surface area is 178 Å². The second kappa shape index (κ2) is 12.8. The van der Waals surface area contributed by atoms with Gasteiger partial charge in [-0.3, -0.25) is 4.99 Å². The van der Waals surface area contributed by atoms with Crippen LogP contribution < -0.4 is 10.6 Å². The first-order valence-corrected chi connectivity index (χ1v) is 10.0. The van der Waals surface area contributed by atoms with Crippen molar-refractivity contribution in [2.45, 2.75) is 30.4 Å². The van der Waals surface area contributed by atoms with Gasteiger partial charge in [0.05, 0.1) is 6.61 Å². The molecular weight excluding hydrogens is 461 g/mol. The van der Waals surface area contributed by atoms with Crippen LogP contribution in [0.2, 0.25) is 0 Å². The first kappa shape index (κ1) is 23.5. The van der Waals surface area contributed by atoms with Crippen molar-refractivity contribution in [2.24, 2.45) is 4.99 Å². The molecular formula is C19H32IN3O2S. The molecule has 1 unspecified atom stereocenters. The molecule has 1 heterocycles. The van der Waals surface area contributed by atoms with E-state index in [1.165, 1.54) is 0 Å². The first-order valence-electron chi connectivity index (χ1n) is 9.05. The maximum Gasteiger partial charge on any atom is 0.191 e. The third kappa shape index (κ3) is 7.25. The second-order valence-corrected chi connectivity index (χ2v) is 8.06. The van der Waals surface area contributed by atoms with Crippen molar-refractivity contribution in [2.75, 3.05) is 45.7 Å². The Morgan fingerprint density at radius 2 is 1.96 bits per heavy atom. The number of ether oxygens (including phenoxy) is 1. The SMILES string of the molecule is CCSC1(CNC(=NC)NCC(CO)c2ccccc2)CCOCC1.I. The second-order valence-electron chi connectivity index (χ2n) is 6.33. The van der Waals surface area contributed by atoms with Crippen molar-refractivity contribution >= 4 is 41.7 Å². The lowest BCUT2D eigenvalue weighted by Crippen LogP contribution is -2.48. The lowest BCUT2D eigenvalue weighted by Gasteiger charge is -2.37. The third-order valence-corrected chi connectivity index (χ3v) is 6.12. The van der Waals surface area contributed by atoms with E-state index >= 15 is 0 Å². The van der Waals surface area contributed by atoms with Crippen LogP contribution >= 0.6 is 35.7 Å². The molecule has 1 saturated heterocycles. The van der Waals surface area contributed by atoms with E-state index in [0.717, 1.165) is 49.9 Å². The summed E-state index contributed by atoms with van der Waals surface area (Å²) in [6, 6.07) is 10.1. The highest BCUT2D eigenvalue weighted by Gasteiger charge is 2.32. The molecule has 0 bridgehead atoms. The number of halogens is 1. The van der Waals surface area contributed by atoms with Crippen molar-refractivity contribution in [3.63, 3.8) is 0 Å². The Hall–Kier alpha value is -0.510. The van der Waals surface area contributed by atoms with Crippen LogP contribution in [0.15, 0.2) is 35.3 Å². The number of thioether (sulfide) groups is 1. The van der Waals surface area contributed by atoms with Gasteiger partial charge in [0.25, 0.3) is 0 Å². The molecule has 2 rings (SSSR count). The largest absolute Gasteiger partial charge is 0.396 e. The number of hydrogen-bond donors (Lipinski definition) is 3. The van der Waals surface area contributed by atoms with Crippen LogP contribution in [0.4, 0.5) is 0 Å². The van der Waals surface area contributed by atoms with E-state index in [9.17, 15) is 5.11 Å². The molecule has 0 aliphatic carbocycles. The van der Waals surface area contributed by atoms with Crippen LogP contribution in [-0.2, 0) is 4.74 Å². The van der Waals surface area contributed by atoms with Gasteiger partial charge in [-0.1, -0.05) is 37.3 Å². The number of aliphatic hydroxyl groups excluding tert-OH is 1. The molecule has 148 valence electrons. The molecule has 1 aliphatic rings. The predicted molar refractivity (Wildman–Crippen MR) is 122 cm³/mol. The molecule has 1 aromatic rings. The Bertz CT molecular complexity index is 519. The quantitative estimate of drug-likeness (QED) is 0.295. The van der Waals surface area contributed by atoms with E-state index in [-0.39, 0.29) is 41.2 Å². The summed E-state index contributed by atoms with van der Waals surface area (Å²) in [5.74, 6) is 1.95. The molecule has 0 saturated carbocycles. The molecule has 0 spiro atoms. The van der Waals surface area contributed by atoms with E-state index in [1.54, 1.807) is 7.05 Å². The van der Waals surface area contributed by atoms with Gasteiger partial charge in [-0.2, -0.15) is 11.8 Å². The summed E-state index contributed by atoms with van der Waals surface area (Å²) in [6.07, 6.45) is 2.14. The Morgan fingerprint density at radius 3 is 2.54 bits per heavy atom. The molecule has 7 heteroatoms. The maximum atomic E-state index is 9.69. The molecule has 0 amide bonds. The molecule has 5 nitrogen and oxygen atoms in total. The maximum absolute atomic E-state index is 9.69. The van der Waals surface area contributed by atoms with Crippen LogP contribution in [0, 0.1) is 0 Å². The van der Waals surface area contributed by atoms with Gasteiger partial charge in [0.15, 0.2) is 5.96 Å². The van der Waals surface area contributed by atoms with Crippen LogP contribution in [0.1, 0.15) is 31.2 Å². The standard InChI is InChI=1S/C19H31N3O2S.HI/c1-3-25-19(9-11-24-12-10-19)15-22-18(20-2)21-13-17(14-23)16-7-5-4-6-8-16;/h4-8,17,23H,3,9-15H2,1-2H3,(H2,20,21,22);1H. The number of hydrogen-bond acceptors (Lipinski definition) is 4. The smallest absolute Gasteiger partial charge is 0.191 e. The number of aliphatic hydroxyl groups is 1. The molecule has 3 N–H and O–H groups in total. The van der Waals surface area contributed by atoms with E-state index in [4.69, 9.17) is 4.74 Å². The molecule has 1 aliphatic heterocycles.